The van der Waals surface area contributed by atoms with E-state index in [-0.39, 0.29) is 17.3 Å². The summed E-state index contributed by atoms with van der Waals surface area (Å²) in [6, 6.07) is 10.9. The second kappa shape index (κ2) is 9.86. The number of alkyl halides is 3. The molecule has 0 saturated carbocycles. The molecule has 2 N–H and O–H groups in total. The van der Waals surface area contributed by atoms with E-state index in [4.69, 9.17) is 4.74 Å². The van der Waals surface area contributed by atoms with Crippen LogP contribution in [-0.2, 0) is 6.18 Å². The first-order valence-electron chi connectivity index (χ1n) is 9.97. The zero-order valence-corrected chi connectivity index (χ0v) is 18.3. The highest BCUT2D eigenvalue weighted by Gasteiger charge is 2.32. The Balaban J connectivity index is 1.90. The van der Waals surface area contributed by atoms with Gasteiger partial charge in [0.25, 0.3) is 0 Å². The van der Waals surface area contributed by atoms with Crippen LogP contribution in [0.25, 0.3) is 11.1 Å². The highest BCUT2D eigenvalue weighted by atomic mass is 19.4. The summed E-state index contributed by atoms with van der Waals surface area (Å²) in [7, 11) is 3.77. The minimum atomic E-state index is -4.58. The lowest BCUT2D eigenvalue weighted by Gasteiger charge is -2.14. The largest absolute Gasteiger partial charge is 0.491 e. The first kappa shape index (κ1) is 24.0. The van der Waals surface area contributed by atoms with E-state index < -0.39 is 17.8 Å². The van der Waals surface area contributed by atoms with Gasteiger partial charge in [0.15, 0.2) is 0 Å². The molecule has 0 unspecified atom stereocenters. The van der Waals surface area contributed by atoms with Gasteiger partial charge in [-0.25, -0.2) is 14.8 Å². The van der Waals surface area contributed by atoms with E-state index >= 15 is 0 Å². The molecule has 2 aromatic carbocycles. The number of aromatic carboxylic acids is 1. The van der Waals surface area contributed by atoms with Crippen molar-refractivity contribution in [1.82, 2.24) is 14.9 Å². The molecule has 0 spiro atoms. The number of ether oxygens (including phenoxy) is 1. The number of nitrogens with zero attached hydrogens (tertiary/aromatic N) is 3. The summed E-state index contributed by atoms with van der Waals surface area (Å²) in [5.74, 6) is -1.06. The normalized spacial score (nSPS) is 11.5. The van der Waals surface area contributed by atoms with E-state index in [2.05, 4.69) is 15.3 Å². The van der Waals surface area contributed by atoms with E-state index in [0.29, 0.717) is 30.0 Å². The maximum Gasteiger partial charge on any atom is 0.433 e. The number of anilines is 2. The van der Waals surface area contributed by atoms with E-state index in [1.165, 1.54) is 6.07 Å². The topological polar surface area (TPSA) is 87.6 Å². The molecule has 0 fully saturated rings. The van der Waals surface area contributed by atoms with Gasteiger partial charge in [-0.2, -0.15) is 13.2 Å². The van der Waals surface area contributed by atoms with Crippen molar-refractivity contribution in [2.45, 2.75) is 13.1 Å². The van der Waals surface area contributed by atoms with Crippen LogP contribution in [0.3, 0.4) is 0 Å². The third-order valence-corrected chi connectivity index (χ3v) is 4.62. The van der Waals surface area contributed by atoms with E-state index in [9.17, 15) is 23.1 Å². The Hall–Kier alpha value is -3.66. The number of rotatable bonds is 8. The molecule has 0 aliphatic heterocycles. The fourth-order valence-electron chi connectivity index (χ4n) is 3.07. The summed E-state index contributed by atoms with van der Waals surface area (Å²) >= 11 is 0. The van der Waals surface area contributed by atoms with E-state index in [1.54, 1.807) is 24.3 Å². The van der Waals surface area contributed by atoms with Gasteiger partial charge in [0, 0.05) is 18.4 Å². The number of hydrogen-bond donors (Lipinski definition) is 2. The molecule has 7 nitrogen and oxygen atoms in total. The molecule has 0 saturated heterocycles. The molecule has 0 atom stereocenters. The van der Waals surface area contributed by atoms with Gasteiger partial charge >= 0.3 is 12.1 Å². The lowest BCUT2D eigenvalue weighted by molar-refractivity contribution is -0.141. The summed E-state index contributed by atoms with van der Waals surface area (Å²) in [4.78, 5) is 21.1. The van der Waals surface area contributed by atoms with E-state index in [0.717, 1.165) is 17.8 Å². The summed E-state index contributed by atoms with van der Waals surface area (Å²) in [6.07, 6.45) is -3.55. The average molecular weight is 460 g/mol. The number of aryl methyl sites for hydroxylation is 1. The van der Waals surface area contributed by atoms with Gasteiger partial charge in [-0.1, -0.05) is 12.1 Å². The van der Waals surface area contributed by atoms with Crippen molar-refractivity contribution in [3.8, 4) is 16.9 Å². The predicted octanol–water partition coefficient (Wildman–Crippen LogP) is 4.85. The molecule has 0 bridgehead atoms. The summed E-state index contributed by atoms with van der Waals surface area (Å²) < 4.78 is 44.4. The first-order valence-corrected chi connectivity index (χ1v) is 9.97. The summed E-state index contributed by atoms with van der Waals surface area (Å²) in [5.41, 5.74) is 1.53. The van der Waals surface area contributed by atoms with Crippen molar-refractivity contribution >= 4 is 17.6 Å². The number of carbonyl (C=O) groups is 1. The van der Waals surface area contributed by atoms with E-state index in [1.807, 2.05) is 32.0 Å². The summed E-state index contributed by atoms with van der Waals surface area (Å²) in [5, 5.41) is 12.4. The maximum atomic E-state index is 12.9. The molecule has 10 heteroatoms. The molecule has 3 aromatic rings. The third-order valence-electron chi connectivity index (χ3n) is 4.62. The first-order chi connectivity index (χ1) is 15.5. The van der Waals surface area contributed by atoms with Gasteiger partial charge in [0.2, 0.25) is 5.95 Å². The maximum absolute atomic E-state index is 12.9. The van der Waals surface area contributed by atoms with Gasteiger partial charge in [-0.3, -0.25) is 0 Å². The second-order valence-corrected chi connectivity index (χ2v) is 7.64. The minimum absolute atomic E-state index is 0.0171. The van der Waals surface area contributed by atoms with Gasteiger partial charge in [-0.05, 0) is 68.0 Å². The van der Waals surface area contributed by atoms with Gasteiger partial charge < -0.3 is 20.1 Å². The molecule has 1 aromatic heterocycles. The molecule has 0 amide bonds. The number of carboxylic acid groups (broad SMARTS) is 1. The van der Waals surface area contributed by atoms with Crippen LogP contribution in [0.5, 0.6) is 5.75 Å². The van der Waals surface area contributed by atoms with Gasteiger partial charge in [0.05, 0.1) is 0 Å². The molecule has 33 heavy (non-hydrogen) atoms. The molecule has 0 aliphatic carbocycles. The van der Waals surface area contributed by atoms with Crippen LogP contribution in [0.1, 0.15) is 21.6 Å². The predicted molar refractivity (Wildman–Crippen MR) is 118 cm³/mol. The fraction of sp³-hybridized carbons (Fsp3) is 0.261. The summed E-state index contributed by atoms with van der Waals surface area (Å²) in [6.45, 7) is 2.78. The lowest BCUT2D eigenvalue weighted by atomic mass is 10.00. The van der Waals surface area contributed by atoms with Crippen molar-refractivity contribution in [2.24, 2.45) is 0 Å². The van der Waals surface area contributed by atoms with Crippen molar-refractivity contribution in [3.63, 3.8) is 0 Å². The zero-order chi connectivity index (χ0) is 24.2. The van der Waals surface area contributed by atoms with Crippen molar-refractivity contribution < 1.29 is 27.8 Å². The number of aromatic nitrogens is 2. The van der Waals surface area contributed by atoms with Crippen LogP contribution in [0.2, 0.25) is 0 Å². The number of halogens is 3. The molecule has 174 valence electrons. The van der Waals surface area contributed by atoms with Crippen molar-refractivity contribution in [1.29, 1.82) is 0 Å². The van der Waals surface area contributed by atoms with Crippen LogP contribution in [0.4, 0.5) is 24.8 Å². The Labute approximate surface area is 188 Å². The third kappa shape index (κ3) is 6.42. The lowest BCUT2D eigenvalue weighted by Crippen LogP contribution is -2.20. The Morgan fingerprint density at radius 3 is 2.55 bits per heavy atom. The SMILES string of the molecule is Cc1cc(Nc2nccc(C(F)(F)F)n2)cc(-c2ccc(OCCN(C)C)c(C(=O)O)c2)c1. The Morgan fingerprint density at radius 2 is 1.88 bits per heavy atom. The van der Waals surface area contributed by atoms with Crippen molar-refractivity contribution in [2.75, 3.05) is 32.6 Å². The highest BCUT2D eigenvalue weighted by Crippen LogP contribution is 2.31. The number of likely N-dealkylation sites (N-methyl/N-ethyl adjacent to an activating group) is 1. The smallest absolute Gasteiger partial charge is 0.433 e. The standard InChI is InChI=1S/C23H23F3N4O3/c1-14-10-16(12-17(11-14)28-22-27-7-6-20(29-22)23(24,25)26)15-4-5-19(18(13-15)21(31)32)33-9-8-30(2)3/h4-7,10-13H,8-9H2,1-3H3,(H,31,32)(H,27,28,29). The van der Waals surface area contributed by atoms with Crippen molar-refractivity contribution in [3.05, 3.63) is 65.5 Å². The molecular formula is C23H23F3N4O3. The monoisotopic (exact) mass is 460 g/mol. The fourth-order valence-corrected chi connectivity index (χ4v) is 3.07. The van der Waals surface area contributed by atoms with Gasteiger partial charge in [0.1, 0.15) is 23.6 Å². The van der Waals surface area contributed by atoms with Gasteiger partial charge in [-0.15, -0.1) is 0 Å². The van der Waals surface area contributed by atoms with Crippen LogP contribution < -0.4 is 10.1 Å². The van der Waals surface area contributed by atoms with Crippen LogP contribution in [-0.4, -0.2) is 53.2 Å². The number of carboxylic acids is 1. The Kier molecular flexibility index (Phi) is 7.17. The molecule has 0 aliphatic rings. The Morgan fingerprint density at radius 1 is 1.12 bits per heavy atom. The number of nitrogens with one attached hydrogen (secondary N) is 1. The Bertz CT molecular complexity index is 1150. The quantitative estimate of drug-likeness (QED) is 0.497. The van der Waals surface area contributed by atoms with Crippen LogP contribution in [0.15, 0.2) is 48.7 Å². The van der Waals surface area contributed by atoms with Crippen LogP contribution in [0, 0.1) is 6.92 Å². The minimum Gasteiger partial charge on any atom is -0.491 e. The molecule has 3 rings (SSSR count). The molecule has 1 heterocycles. The zero-order valence-electron chi connectivity index (χ0n) is 18.3. The van der Waals surface area contributed by atoms with Crippen LogP contribution >= 0.6 is 0 Å². The second-order valence-electron chi connectivity index (χ2n) is 7.64. The molecule has 0 radical (unpaired) electrons. The average Bonchev–Trinajstić information content (AvgIpc) is 2.72. The number of hydrogen-bond acceptors (Lipinski definition) is 6. The number of benzene rings is 2. The highest BCUT2D eigenvalue weighted by molar-refractivity contribution is 5.93. The molecular weight excluding hydrogens is 437 g/mol.